The number of carbonyl (C=O) groups is 1. The van der Waals surface area contributed by atoms with Gasteiger partial charge in [0, 0.05) is 30.3 Å². The van der Waals surface area contributed by atoms with Crippen molar-refractivity contribution in [2.45, 2.75) is 12.5 Å². The molecule has 0 radical (unpaired) electrons. The molecule has 2 atom stereocenters. The number of benzene rings is 2. The molecule has 1 amide bonds. The molecule has 1 saturated carbocycles. The molecule has 1 fully saturated rings. The smallest absolute Gasteiger partial charge is 0.278 e. The number of halogens is 1. The fraction of sp³-hybridized carbons (Fsp3) is 0.231. The molecule has 0 saturated heterocycles. The van der Waals surface area contributed by atoms with Gasteiger partial charge in [0.1, 0.15) is 12.7 Å². The lowest BCUT2D eigenvalue weighted by molar-refractivity contribution is 0.0700. The predicted octanol–water partition coefficient (Wildman–Crippen LogP) is 3.17. The number of amides is 1. The molecule has 8 heteroatoms. The van der Waals surface area contributed by atoms with Crippen molar-refractivity contribution in [2.75, 3.05) is 24.8 Å². The second-order valence-corrected chi connectivity index (χ2v) is 8.79. The maximum atomic E-state index is 15.1. The van der Waals surface area contributed by atoms with Crippen LogP contribution in [0.5, 0.6) is 11.5 Å². The van der Waals surface area contributed by atoms with Crippen LogP contribution >= 0.6 is 0 Å². The fourth-order valence-electron chi connectivity index (χ4n) is 4.83. The number of hydrogen-bond donors (Lipinski definition) is 1. The van der Waals surface area contributed by atoms with Crippen molar-refractivity contribution in [1.82, 2.24) is 9.58 Å². The summed E-state index contributed by atoms with van der Waals surface area (Å²) in [6.07, 6.45) is 4.29. The molecule has 3 heterocycles. The van der Waals surface area contributed by atoms with Gasteiger partial charge in [-0.25, -0.2) is 4.39 Å². The molecule has 1 aromatic heterocycles. The lowest BCUT2D eigenvalue weighted by atomic mass is 9.96. The molecule has 1 aliphatic carbocycles. The number of carbonyl (C=O) groups excluding carboxylic acids is 1. The minimum Gasteiger partial charge on any atom is -0.502 e. The van der Waals surface area contributed by atoms with E-state index in [1.54, 1.807) is 11.0 Å². The molecule has 34 heavy (non-hydrogen) atoms. The van der Waals surface area contributed by atoms with Crippen molar-refractivity contribution in [1.29, 1.82) is 0 Å². The molecule has 0 unspecified atom stereocenters. The summed E-state index contributed by atoms with van der Waals surface area (Å²) in [5, 5.41) is 12.5. The third-order valence-corrected chi connectivity index (χ3v) is 6.69. The van der Waals surface area contributed by atoms with E-state index in [-0.39, 0.29) is 24.0 Å². The number of pyridine rings is 1. The van der Waals surface area contributed by atoms with E-state index in [1.807, 2.05) is 47.5 Å². The predicted molar refractivity (Wildman–Crippen MR) is 123 cm³/mol. The van der Waals surface area contributed by atoms with Gasteiger partial charge in [0.25, 0.3) is 5.91 Å². The van der Waals surface area contributed by atoms with Crippen LogP contribution in [-0.4, -0.2) is 40.4 Å². The maximum Gasteiger partial charge on any atom is 0.278 e. The van der Waals surface area contributed by atoms with Crippen LogP contribution in [0.3, 0.4) is 0 Å². The Kier molecular flexibility index (Phi) is 4.69. The van der Waals surface area contributed by atoms with Crippen LogP contribution in [0.4, 0.5) is 4.39 Å². The van der Waals surface area contributed by atoms with Gasteiger partial charge in [0.05, 0.1) is 6.61 Å². The number of hydrogen-bond acceptors (Lipinski definition) is 5. The van der Waals surface area contributed by atoms with Crippen LogP contribution in [0.15, 0.2) is 77.2 Å². The highest BCUT2D eigenvalue weighted by molar-refractivity contribution is 5.96. The van der Waals surface area contributed by atoms with E-state index in [4.69, 9.17) is 4.74 Å². The Morgan fingerprint density at radius 1 is 1.03 bits per heavy atom. The standard InChI is InChI=1S/C26H22FN3O4/c27-20-8-4-7-19-22(16-5-2-1-3-6-16)30-15-28(11-9-17-13-18(17)14-34-25(19)20)26(33)23-24(32)21(31)10-12-29(23)30/h1-10,12,18,22,32H,11,13-15H2/b17-9-/t18-,22-/m1/s1. The van der Waals surface area contributed by atoms with Crippen molar-refractivity contribution in [3.05, 3.63) is 105 Å². The van der Waals surface area contributed by atoms with Gasteiger partial charge in [-0.3, -0.25) is 19.3 Å². The maximum absolute atomic E-state index is 15.1. The van der Waals surface area contributed by atoms with E-state index in [1.165, 1.54) is 23.0 Å². The van der Waals surface area contributed by atoms with Crippen molar-refractivity contribution >= 4 is 5.91 Å². The van der Waals surface area contributed by atoms with Crippen LogP contribution in [-0.2, 0) is 0 Å². The van der Waals surface area contributed by atoms with Gasteiger partial charge in [-0.2, -0.15) is 0 Å². The van der Waals surface area contributed by atoms with E-state index in [2.05, 4.69) is 0 Å². The number of aromatic hydroxyl groups is 1. The van der Waals surface area contributed by atoms with Gasteiger partial charge in [-0.05, 0) is 18.1 Å². The van der Waals surface area contributed by atoms with Crippen molar-refractivity contribution < 1.29 is 19.0 Å². The van der Waals surface area contributed by atoms with E-state index in [0.29, 0.717) is 18.7 Å². The summed E-state index contributed by atoms with van der Waals surface area (Å²) in [6.45, 7) is 0.860. The first-order valence-electron chi connectivity index (χ1n) is 11.2. The van der Waals surface area contributed by atoms with E-state index < -0.39 is 28.9 Å². The lowest BCUT2D eigenvalue weighted by Crippen LogP contribution is -2.55. The Morgan fingerprint density at radius 3 is 2.68 bits per heavy atom. The number of rotatable bonds is 1. The second-order valence-electron chi connectivity index (χ2n) is 8.79. The number of ether oxygens (including phenoxy) is 1. The monoisotopic (exact) mass is 459 g/mol. The van der Waals surface area contributed by atoms with E-state index in [0.717, 1.165) is 17.6 Å². The van der Waals surface area contributed by atoms with E-state index >= 15 is 4.39 Å². The summed E-state index contributed by atoms with van der Waals surface area (Å²) in [4.78, 5) is 27.2. The van der Waals surface area contributed by atoms with Crippen LogP contribution < -0.4 is 15.2 Å². The Balaban J connectivity index is 1.63. The average Bonchev–Trinajstić information content (AvgIpc) is 3.59. The van der Waals surface area contributed by atoms with Crippen LogP contribution in [0.25, 0.3) is 0 Å². The zero-order valence-electron chi connectivity index (χ0n) is 18.2. The van der Waals surface area contributed by atoms with Gasteiger partial charge >= 0.3 is 0 Å². The zero-order chi connectivity index (χ0) is 23.4. The molecule has 1 N–H and O–H groups in total. The van der Waals surface area contributed by atoms with Gasteiger partial charge in [-0.1, -0.05) is 54.1 Å². The van der Waals surface area contributed by atoms with Gasteiger partial charge in [0.2, 0.25) is 5.43 Å². The van der Waals surface area contributed by atoms with Gasteiger partial charge < -0.3 is 14.7 Å². The molecule has 2 bridgehead atoms. The average molecular weight is 459 g/mol. The Morgan fingerprint density at radius 2 is 1.85 bits per heavy atom. The highest BCUT2D eigenvalue weighted by Crippen LogP contribution is 2.42. The normalized spacial score (nSPS) is 22.7. The molecule has 3 aliphatic rings. The second kappa shape index (κ2) is 7.76. The Labute approximate surface area is 194 Å². The van der Waals surface area contributed by atoms with Crippen LogP contribution in [0.1, 0.15) is 34.1 Å². The summed E-state index contributed by atoms with van der Waals surface area (Å²) in [7, 11) is 0. The summed E-state index contributed by atoms with van der Waals surface area (Å²) in [5.41, 5.74) is 1.85. The zero-order valence-corrected chi connectivity index (χ0v) is 18.2. The van der Waals surface area contributed by atoms with Crippen molar-refractivity contribution in [3.63, 3.8) is 0 Å². The van der Waals surface area contributed by atoms with Crippen molar-refractivity contribution in [2.24, 2.45) is 5.92 Å². The Bertz CT molecular complexity index is 1380. The first-order valence-corrected chi connectivity index (χ1v) is 11.2. The molecule has 2 aromatic carbocycles. The highest BCUT2D eigenvalue weighted by Gasteiger charge is 2.39. The Hall–Kier alpha value is -4.07. The number of fused-ring (bicyclic) bond motifs is 6. The molecule has 0 spiro atoms. The fourth-order valence-corrected chi connectivity index (χ4v) is 4.83. The molecule has 2 aliphatic heterocycles. The molecule has 7 nitrogen and oxygen atoms in total. The summed E-state index contributed by atoms with van der Waals surface area (Å²) in [6, 6.07) is 15.0. The summed E-state index contributed by atoms with van der Waals surface area (Å²) in [5.74, 6) is -1.15. The van der Waals surface area contributed by atoms with Gasteiger partial charge in [0.15, 0.2) is 23.0 Å². The number of nitrogens with zero attached hydrogens (tertiary/aromatic N) is 3. The number of aromatic nitrogens is 1. The lowest BCUT2D eigenvalue weighted by Gasteiger charge is -2.44. The van der Waals surface area contributed by atoms with Crippen molar-refractivity contribution in [3.8, 4) is 11.5 Å². The molecular formula is C26H22FN3O4. The third kappa shape index (κ3) is 3.25. The highest BCUT2D eigenvalue weighted by atomic mass is 19.1. The minimum atomic E-state index is -0.630. The van der Waals surface area contributed by atoms with Gasteiger partial charge in [-0.15, -0.1) is 0 Å². The van der Waals surface area contributed by atoms with Crippen LogP contribution in [0.2, 0.25) is 0 Å². The summed E-state index contributed by atoms with van der Waals surface area (Å²) < 4.78 is 22.7. The third-order valence-electron chi connectivity index (χ3n) is 6.69. The summed E-state index contributed by atoms with van der Waals surface area (Å²) >= 11 is 0. The molecule has 3 aromatic rings. The first-order chi connectivity index (χ1) is 16.5. The minimum absolute atomic E-state index is 0.110. The SMILES string of the molecule is O=C1c2c(O)c(=O)ccn2N2CN1C/C=C1/C[C@@H]1COc1c(F)cccc1[C@H]2c1ccccc1. The van der Waals surface area contributed by atoms with E-state index in [9.17, 15) is 14.7 Å². The quantitative estimate of drug-likeness (QED) is 0.566. The largest absolute Gasteiger partial charge is 0.502 e. The first kappa shape index (κ1) is 20.5. The molecule has 172 valence electrons. The number of para-hydroxylation sites is 1. The topological polar surface area (TPSA) is 75.0 Å². The molecular weight excluding hydrogens is 437 g/mol. The molecule has 6 rings (SSSR count). The van der Waals surface area contributed by atoms with Crippen LogP contribution in [0, 0.1) is 11.7 Å².